The molecule has 0 fully saturated rings. The zero-order valence-corrected chi connectivity index (χ0v) is 10.7. The molecule has 4 nitrogen and oxygen atoms in total. The van der Waals surface area contributed by atoms with Crippen LogP contribution in [0.4, 0.5) is 0 Å². The monoisotopic (exact) mass is 289 g/mol. The van der Waals surface area contributed by atoms with Gasteiger partial charge in [-0.15, -0.1) is 0 Å². The highest BCUT2D eigenvalue weighted by molar-refractivity contribution is 9.10. The second kappa shape index (κ2) is 6.85. The summed E-state index contributed by atoms with van der Waals surface area (Å²) in [5, 5.41) is 20.9. The summed E-state index contributed by atoms with van der Waals surface area (Å²) in [6.45, 7) is 0.389. The lowest BCUT2D eigenvalue weighted by atomic mass is 10.2. The lowest BCUT2D eigenvalue weighted by molar-refractivity contribution is 0.170. The smallest absolute Gasteiger partial charge is 0.119 e. The molecule has 0 saturated heterocycles. The third-order valence-corrected chi connectivity index (χ3v) is 3.05. The molecule has 3 N–H and O–H groups in total. The maximum atomic E-state index is 8.92. The lowest BCUT2D eigenvalue weighted by Gasteiger charge is -2.14. The zero-order chi connectivity index (χ0) is 12.0. The van der Waals surface area contributed by atoms with Crippen molar-refractivity contribution < 1.29 is 14.9 Å². The van der Waals surface area contributed by atoms with Crippen molar-refractivity contribution in [3.05, 3.63) is 28.2 Å². The average molecular weight is 290 g/mol. The van der Waals surface area contributed by atoms with E-state index in [1.54, 1.807) is 7.11 Å². The summed E-state index contributed by atoms with van der Waals surface area (Å²) < 4.78 is 6.09. The second-order valence-electron chi connectivity index (χ2n) is 3.40. The van der Waals surface area contributed by atoms with Crippen LogP contribution in [-0.2, 0) is 6.54 Å². The van der Waals surface area contributed by atoms with E-state index in [9.17, 15) is 0 Å². The standard InChI is InChI=1S/C11H16BrNO3/c1-16-10-2-3-11(12)8(4-10)5-13-9(6-14)7-15/h2-4,9,13-15H,5-7H2,1H3. The number of methoxy groups -OCH3 is 1. The summed E-state index contributed by atoms with van der Waals surface area (Å²) in [7, 11) is 1.62. The van der Waals surface area contributed by atoms with Crippen molar-refractivity contribution in [3.8, 4) is 5.75 Å². The molecule has 0 aliphatic heterocycles. The van der Waals surface area contributed by atoms with Crippen LogP contribution in [0.5, 0.6) is 5.75 Å². The first-order chi connectivity index (χ1) is 7.71. The maximum absolute atomic E-state index is 8.92. The summed E-state index contributed by atoms with van der Waals surface area (Å²) in [6, 6.07) is 5.38. The summed E-state index contributed by atoms with van der Waals surface area (Å²) >= 11 is 3.43. The number of benzene rings is 1. The minimum atomic E-state index is -0.293. The Morgan fingerprint density at radius 3 is 2.62 bits per heavy atom. The van der Waals surface area contributed by atoms with E-state index in [0.29, 0.717) is 6.54 Å². The zero-order valence-electron chi connectivity index (χ0n) is 9.11. The van der Waals surface area contributed by atoms with E-state index in [-0.39, 0.29) is 19.3 Å². The van der Waals surface area contributed by atoms with Gasteiger partial charge in [0.05, 0.1) is 26.4 Å². The van der Waals surface area contributed by atoms with Gasteiger partial charge >= 0.3 is 0 Å². The van der Waals surface area contributed by atoms with E-state index < -0.39 is 0 Å². The van der Waals surface area contributed by atoms with E-state index in [0.717, 1.165) is 15.8 Å². The molecule has 0 aliphatic carbocycles. The highest BCUT2D eigenvalue weighted by Gasteiger charge is 2.07. The van der Waals surface area contributed by atoms with Crippen molar-refractivity contribution in [2.45, 2.75) is 12.6 Å². The van der Waals surface area contributed by atoms with Crippen LogP contribution in [0.25, 0.3) is 0 Å². The molecule has 0 bridgehead atoms. The highest BCUT2D eigenvalue weighted by Crippen LogP contribution is 2.22. The number of rotatable bonds is 6. The highest BCUT2D eigenvalue weighted by atomic mass is 79.9. The summed E-state index contributed by atoms with van der Waals surface area (Å²) in [6.07, 6.45) is 0. The van der Waals surface area contributed by atoms with Gasteiger partial charge in [-0.2, -0.15) is 0 Å². The minimum absolute atomic E-state index is 0.0852. The number of aliphatic hydroxyl groups excluding tert-OH is 2. The van der Waals surface area contributed by atoms with Crippen LogP contribution in [0.15, 0.2) is 22.7 Å². The Balaban J connectivity index is 2.65. The van der Waals surface area contributed by atoms with Crippen molar-refractivity contribution in [1.29, 1.82) is 0 Å². The Kier molecular flexibility index (Phi) is 5.76. The van der Waals surface area contributed by atoms with Gasteiger partial charge < -0.3 is 20.3 Å². The predicted molar refractivity (Wildman–Crippen MR) is 65.5 cm³/mol. The fourth-order valence-corrected chi connectivity index (χ4v) is 1.64. The van der Waals surface area contributed by atoms with Crippen molar-refractivity contribution in [2.24, 2.45) is 0 Å². The molecule has 0 spiro atoms. The molecule has 1 rings (SSSR count). The first-order valence-electron chi connectivity index (χ1n) is 4.98. The van der Waals surface area contributed by atoms with Gasteiger partial charge in [-0.1, -0.05) is 15.9 Å². The van der Waals surface area contributed by atoms with Crippen molar-refractivity contribution in [2.75, 3.05) is 20.3 Å². The molecule has 0 radical (unpaired) electrons. The van der Waals surface area contributed by atoms with Gasteiger partial charge in [-0.3, -0.25) is 0 Å². The van der Waals surface area contributed by atoms with Gasteiger partial charge in [0.2, 0.25) is 0 Å². The SMILES string of the molecule is COc1ccc(Br)c(CNC(CO)CO)c1. The Morgan fingerprint density at radius 2 is 2.06 bits per heavy atom. The number of hydrogen-bond donors (Lipinski definition) is 3. The van der Waals surface area contributed by atoms with Crippen LogP contribution in [0.1, 0.15) is 5.56 Å². The average Bonchev–Trinajstić information content (AvgIpc) is 2.32. The van der Waals surface area contributed by atoms with Crippen LogP contribution in [0.2, 0.25) is 0 Å². The van der Waals surface area contributed by atoms with Gasteiger partial charge in [0.15, 0.2) is 0 Å². The van der Waals surface area contributed by atoms with E-state index in [1.807, 2.05) is 18.2 Å². The van der Waals surface area contributed by atoms with Crippen molar-refractivity contribution in [1.82, 2.24) is 5.32 Å². The number of hydrogen-bond acceptors (Lipinski definition) is 4. The third kappa shape index (κ3) is 3.75. The number of aliphatic hydroxyl groups is 2. The van der Waals surface area contributed by atoms with Crippen molar-refractivity contribution >= 4 is 15.9 Å². The third-order valence-electron chi connectivity index (χ3n) is 2.27. The van der Waals surface area contributed by atoms with E-state index in [1.165, 1.54) is 0 Å². The molecule has 0 unspecified atom stereocenters. The van der Waals surface area contributed by atoms with Crippen LogP contribution < -0.4 is 10.1 Å². The molecule has 1 aromatic carbocycles. The van der Waals surface area contributed by atoms with Crippen LogP contribution in [0, 0.1) is 0 Å². The van der Waals surface area contributed by atoms with Gasteiger partial charge in [-0.05, 0) is 23.8 Å². The quantitative estimate of drug-likeness (QED) is 0.728. The number of nitrogens with one attached hydrogen (secondary N) is 1. The number of halogens is 1. The molecule has 5 heteroatoms. The summed E-state index contributed by atoms with van der Waals surface area (Å²) in [5.41, 5.74) is 1.02. The van der Waals surface area contributed by atoms with Gasteiger partial charge in [0, 0.05) is 11.0 Å². The molecule has 0 amide bonds. The largest absolute Gasteiger partial charge is 0.497 e. The topological polar surface area (TPSA) is 61.7 Å². The van der Waals surface area contributed by atoms with Crippen LogP contribution in [0.3, 0.4) is 0 Å². The second-order valence-corrected chi connectivity index (χ2v) is 4.25. The fraction of sp³-hybridized carbons (Fsp3) is 0.455. The predicted octanol–water partition coefficient (Wildman–Crippen LogP) is 0.900. The minimum Gasteiger partial charge on any atom is -0.497 e. The maximum Gasteiger partial charge on any atom is 0.119 e. The first kappa shape index (κ1) is 13.4. The molecule has 1 aromatic rings. The molecule has 0 saturated carbocycles. The molecule has 0 aromatic heterocycles. The Labute approximate surface area is 103 Å². The van der Waals surface area contributed by atoms with E-state index >= 15 is 0 Å². The molecule has 0 aliphatic rings. The fourth-order valence-electron chi connectivity index (χ4n) is 1.25. The molecule has 16 heavy (non-hydrogen) atoms. The van der Waals surface area contributed by atoms with Gasteiger partial charge in [0.1, 0.15) is 5.75 Å². The van der Waals surface area contributed by atoms with Crippen LogP contribution >= 0.6 is 15.9 Å². The van der Waals surface area contributed by atoms with Crippen molar-refractivity contribution in [3.63, 3.8) is 0 Å². The van der Waals surface area contributed by atoms with Gasteiger partial charge in [0.25, 0.3) is 0 Å². The van der Waals surface area contributed by atoms with E-state index in [4.69, 9.17) is 14.9 Å². The molecule has 90 valence electrons. The van der Waals surface area contributed by atoms with Gasteiger partial charge in [-0.25, -0.2) is 0 Å². The molecule has 0 heterocycles. The van der Waals surface area contributed by atoms with Crippen LogP contribution in [-0.4, -0.2) is 36.6 Å². The summed E-state index contributed by atoms with van der Waals surface area (Å²) in [4.78, 5) is 0. The lowest BCUT2D eigenvalue weighted by Crippen LogP contribution is -2.35. The molecular weight excluding hydrogens is 274 g/mol. The first-order valence-corrected chi connectivity index (χ1v) is 5.78. The summed E-state index contributed by atoms with van der Waals surface area (Å²) in [5.74, 6) is 0.782. The Morgan fingerprint density at radius 1 is 1.38 bits per heavy atom. The normalized spacial score (nSPS) is 10.8. The van der Waals surface area contributed by atoms with E-state index in [2.05, 4.69) is 21.2 Å². The Bertz CT molecular complexity index is 329. The molecular formula is C11H16BrNO3. The number of ether oxygens (including phenoxy) is 1. The molecule has 0 atom stereocenters. The Hall–Kier alpha value is -0.620.